The minimum Gasteiger partial charge on any atom is -0.492 e. The summed E-state index contributed by atoms with van der Waals surface area (Å²) in [7, 11) is -1.29. The molecule has 1 amide bonds. The number of H-pyrrole nitrogens is 1. The number of hydrogen-bond donors (Lipinski definition) is 2. The molecule has 0 radical (unpaired) electrons. The normalized spacial score (nSPS) is 15.9. The van der Waals surface area contributed by atoms with Gasteiger partial charge in [0.15, 0.2) is 0 Å². The molecular weight excluding hydrogens is 530 g/mol. The molecule has 1 saturated heterocycles. The Morgan fingerprint density at radius 2 is 1.82 bits per heavy atom. The van der Waals surface area contributed by atoms with Gasteiger partial charge in [0.1, 0.15) is 5.75 Å². The molecule has 1 aliphatic heterocycles. The number of nitrogens with zero attached hydrogens (tertiary/aromatic N) is 1. The predicted octanol–water partition coefficient (Wildman–Crippen LogP) is 7.15. The van der Waals surface area contributed by atoms with Crippen molar-refractivity contribution in [1.82, 2.24) is 9.88 Å². The number of nitrogens with two attached hydrogens (primary N) is 1. The number of aromatic amines is 1. The number of nitrogens with one attached hydrogen (secondary N) is 1. The maximum Gasteiger partial charge on any atom is 0.409 e. The Balaban J connectivity index is 1.60. The Hall–Kier alpha value is -2.97. The minimum absolute atomic E-state index is 0.0237. The van der Waals surface area contributed by atoms with E-state index in [1.165, 1.54) is 0 Å². The van der Waals surface area contributed by atoms with Gasteiger partial charge in [0.25, 0.3) is 5.56 Å². The number of nitrogen functional groups attached to an aromatic ring is 1. The number of likely N-dealkylation sites (tertiary alicyclic amines) is 1. The van der Waals surface area contributed by atoms with Gasteiger partial charge in [0, 0.05) is 32.5 Å². The van der Waals surface area contributed by atoms with Crippen molar-refractivity contribution >= 4 is 42.4 Å². The molecule has 2 heterocycles. The summed E-state index contributed by atoms with van der Waals surface area (Å²) in [4.78, 5) is 31.1. The number of hydrogen-bond acceptors (Lipinski definition) is 5. The Bertz CT molecular complexity index is 1400. The van der Waals surface area contributed by atoms with Crippen LogP contribution in [0.15, 0.2) is 35.1 Å². The van der Waals surface area contributed by atoms with E-state index in [1.807, 2.05) is 30.9 Å². The summed E-state index contributed by atoms with van der Waals surface area (Å²) in [6.45, 7) is 12.3. The van der Waals surface area contributed by atoms with Crippen LogP contribution in [0.25, 0.3) is 22.0 Å². The minimum atomic E-state index is -1.29. The standard InChI is InChI=1S/C30H40ClN3O4Si/c1-19-14-20(2)16-21(15-19)27-28(23-17-25(32)24(31)18-26(23)33-29(27)35)37-11-9-22-8-6-7-10-34(22)30(36)38-12-13-39(3,4)5/h14-18,22H,6-13,32H2,1-5H3,(H,33,35). The van der Waals surface area contributed by atoms with Crippen molar-refractivity contribution in [3.8, 4) is 16.9 Å². The van der Waals surface area contributed by atoms with Crippen LogP contribution < -0.4 is 16.0 Å². The number of ether oxygens (including phenoxy) is 2. The second kappa shape index (κ2) is 12.0. The lowest BCUT2D eigenvalue weighted by Crippen LogP contribution is -2.45. The number of pyridine rings is 1. The van der Waals surface area contributed by atoms with Gasteiger partial charge in [-0.3, -0.25) is 4.79 Å². The van der Waals surface area contributed by atoms with E-state index in [9.17, 15) is 9.59 Å². The Labute approximate surface area is 236 Å². The van der Waals surface area contributed by atoms with Gasteiger partial charge in [0.2, 0.25) is 0 Å². The third kappa shape index (κ3) is 7.16. The molecule has 9 heteroatoms. The fourth-order valence-electron chi connectivity index (χ4n) is 5.20. The number of fused-ring (bicyclic) bond motifs is 1. The zero-order chi connectivity index (χ0) is 28.3. The Morgan fingerprint density at radius 3 is 2.51 bits per heavy atom. The smallest absolute Gasteiger partial charge is 0.409 e. The number of rotatable bonds is 8. The lowest BCUT2D eigenvalue weighted by atomic mass is 9.98. The molecule has 39 heavy (non-hydrogen) atoms. The first kappa shape index (κ1) is 29.0. The summed E-state index contributed by atoms with van der Waals surface area (Å²) >= 11 is 6.27. The molecule has 210 valence electrons. The second-order valence-corrected chi connectivity index (χ2v) is 17.9. The van der Waals surface area contributed by atoms with Gasteiger partial charge in [0.05, 0.1) is 35.0 Å². The number of carbonyl (C=O) groups is 1. The second-order valence-electron chi connectivity index (χ2n) is 11.9. The quantitative estimate of drug-likeness (QED) is 0.222. The number of piperidine rings is 1. The van der Waals surface area contributed by atoms with Crippen LogP contribution in [0.4, 0.5) is 10.5 Å². The average Bonchev–Trinajstić information content (AvgIpc) is 2.84. The summed E-state index contributed by atoms with van der Waals surface area (Å²) in [5.41, 5.74) is 10.2. The monoisotopic (exact) mass is 569 g/mol. The Kier molecular flexibility index (Phi) is 8.96. The van der Waals surface area contributed by atoms with Crippen molar-refractivity contribution in [1.29, 1.82) is 0 Å². The third-order valence-electron chi connectivity index (χ3n) is 7.23. The van der Waals surface area contributed by atoms with Crippen molar-refractivity contribution in [2.45, 2.75) is 71.3 Å². The summed E-state index contributed by atoms with van der Waals surface area (Å²) in [6.07, 6.45) is 3.32. The van der Waals surface area contributed by atoms with E-state index in [2.05, 4.69) is 30.7 Å². The molecule has 2 aromatic carbocycles. The summed E-state index contributed by atoms with van der Waals surface area (Å²) < 4.78 is 12.1. The molecule has 0 bridgehead atoms. The van der Waals surface area contributed by atoms with Gasteiger partial charge >= 0.3 is 6.09 Å². The van der Waals surface area contributed by atoms with Gasteiger partial charge in [-0.05, 0) is 56.9 Å². The lowest BCUT2D eigenvalue weighted by Gasteiger charge is -2.35. The molecule has 4 rings (SSSR count). The zero-order valence-corrected chi connectivity index (χ0v) is 25.4. The zero-order valence-electron chi connectivity index (χ0n) is 23.7. The van der Waals surface area contributed by atoms with Gasteiger partial charge in [-0.2, -0.15) is 0 Å². The first-order valence-electron chi connectivity index (χ1n) is 13.7. The maximum absolute atomic E-state index is 13.4. The highest BCUT2D eigenvalue weighted by Gasteiger charge is 2.28. The van der Waals surface area contributed by atoms with Crippen molar-refractivity contribution < 1.29 is 14.3 Å². The highest BCUT2D eigenvalue weighted by Crippen LogP contribution is 2.37. The van der Waals surface area contributed by atoms with Gasteiger partial charge < -0.3 is 25.1 Å². The van der Waals surface area contributed by atoms with Crippen LogP contribution >= 0.6 is 11.6 Å². The highest BCUT2D eigenvalue weighted by atomic mass is 35.5. The van der Waals surface area contributed by atoms with E-state index >= 15 is 0 Å². The molecule has 1 fully saturated rings. The summed E-state index contributed by atoms with van der Waals surface area (Å²) in [5, 5.41) is 1.06. The van der Waals surface area contributed by atoms with E-state index in [-0.39, 0.29) is 17.7 Å². The number of carbonyl (C=O) groups excluding carboxylic acids is 1. The summed E-state index contributed by atoms with van der Waals surface area (Å²) in [5.74, 6) is 0.474. The molecule has 3 N–H and O–H groups in total. The van der Waals surface area contributed by atoms with Crippen LogP contribution in [-0.2, 0) is 4.74 Å². The molecule has 1 aliphatic rings. The number of anilines is 1. The van der Waals surface area contributed by atoms with Gasteiger partial charge in [-0.1, -0.05) is 60.6 Å². The largest absolute Gasteiger partial charge is 0.492 e. The van der Waals surface area contributed by atoms with Crippen molar-refractivity contribution in [3.05, 3.63) is 56.8 Å². The maximum atomic E-state index is 13.4. The van der Waals surface area contributed by atoms with E-state index in [0.29, 0.717) is 59.1 Å². The van der Waals surface area contributed by atoms with E-state index in [0.717, 1.165) is 42.0 Å². The van der Waals surface area contributed by atoms with Crippen LogP contribution in [-0.4, -0.2) is 49.9 Å². The molecule has 1 unspecified atom stereocenters. The number of benzene rings is 2. The first-order valence-corrected chi connectivity index (χ1v) is 17.8. The van der Waals surface area contributed by atoms with Crippen LogP contribution in [0.5, 0.6) is 5.75 Å². The molecular formula is C30H40ClN3O4Si. The number of aromatic nitrogens is 1. The highest BCUT2D eigenvalue weighted by molar-refractivity contribution is 6.76. The van der Waals surface area contributed by atoms with E-state index in [4.69, 9.17) is 26.8 Å². The molecule has 0 spiro atoms. The van der Waals surface area contributed by atoms with Crippen LogP contribution in [0.1, 0.15) is 36.8 Å². The molecule has 1 atom stereocenters. The average molecular weight is 570 g/mol. The molecule has 0 aliphatic carbocycles. The summed E-state index contributed by atoms with van der Waals surface area (Å²) in [6, 6.07) is 10.4. The SMILES string of the molecule is Cc1cc(C)cc(-c2c(OCCC3CCCCN3C(=O)OCC[Si](C)(C)C)c3cc(N)c(Cl)cc3[nH]c2=O)c1. The molecule has 0 saturated carbocycles. The van der Waals surface area contributed by atoms with Crippen molar-refractivity contribution in [2.75, 3.05) is 25.5 Å². The van der Waals surface area contributed by atoms with Crippen LogP contribution in [0.3, 0.4) is 0 Å². The van der Waals surface area contributed by atoms with E-state index in [1.54, 1.807) is 12.1 Å². The Morgan fingerprint density at radius 1 is 1.10 bits per heavy atom. The first-order chi connectivity index (χ1) is 18.4. The van der Waals surface area contributed by atoms with Crippen molar-refractivity contribution in [3.63, 3.8) is 0 Å². The van der Waals surface area contributed by atoms with Gasteiger partial charge in [-0.25, -0.2) is 4.79 Å². The topological polar surface area (TPSA) is 97.6 Å². The third-order valence-corrected chi connectivity index (χ3v) is 9.26. The molecule has 7 nitrogen and oxygen atoms in total. The fourth-order valence-corrected chi connectivity index (χ4v) is 6.08. The lowest BCUT2D eigenvalue weighted by molar-refractivity contribution is 0.0701. The number of amides is 1. The molecule has 1 aromatic heterocycles. The van der Waals surface area contributed by atoms with Gasteiger partial charge in [-0.15, -0.1) is 0 Å². The van der Waals surface area contributed by atoms with E-state index < -0.39 is 8.07 Å². The van der Waals surface area contributed by atoms with Crippen LogP contribution in [0.2, 0.25) is 30.7 Å². The number of halogens is 1. The fraction of sp³-hybridized carbons (Fsp3) is 0.467. The number of aryl methyl sites for hydroxylation is 2. The molecule has 3 aromatic rings. The predicted molar refractivity (Wildman–Crippen MR) is 163 cm³/mol. The van der Waals surface area contributed by atoms with Crippen LogP contribution in [0, 0.1) is 13.8 Å². The van der Waals surface area contributed by atoms with Crippen molar-refractivity contribution in [2.24, 2.45) is 0 Å².